The van der Waals surface area contributed by atoms with Crippen LogP contribution in [0, 0.1) is 0 Å². The smallest absolute Gasteiger partial charge is 0.268 e. The molecule has 0 bridgehead atoms. The van der Waals surface area contributed by atoms with Crippen molar-refractivity contribution in [1.29, 1.82) is 0 Å². The fourth-order valence-electron chi connectivity index (χ4n) is 5.55. The predicted molar refractivity (Wildman–Crippen MR) is 269 cm³/mol. The lowest BCUT2D eigenvalue weighted by Crippen LogP contribution is -2.45. The van der Waals surface area contributed by atoms with Crippen molar-refractivity contribution in [1.82, 2.24) is 5.32 Å². The van der Waals surface area contributed by atoms with Gasteiger partial charge in [0.1, 0.15) is 13.2 Å². The van der Waals surface area contributed by atoms with Gasteiger partial charge in [0, 0.05) is 6.42 Å². The van der Waals surface area contributed by atoms with E-state index in [-0.39, 0.29) is 18.9 Å². The average Bonchev–Trinajstić information content (AvgIpc) is 3.24. The van der Waals surface area contributed by atoms with E-state index in [1.807, 2.05) is 27.2 Å². The Morgan fingerprint density at radius 2 is 0.968 bits per heavy atom. The number of unbranched alkanes of at least 4 members (excludes halogenated alkanes) is 5. The molecule has 0 aromatic rings. The minimum Gasteiger partial charge on any atom is -0.756 e. The number of aliphatic hydroxyl groups is 1. The number of phosphoric acid groups is 1. The fourth-order valence-corrected chi connectivity index (χ4v) is 6.27. The average molecular weight is 891 g/mol. The van der Waals surface area contributed by atoms with Crippen LogP contribution in [0.5, 0.6) is 0 Å². The lowest BCUT2D eigenvalue weighted by Gasteiger charge is -2.29. The summed E-state index contributed by atoms with van der Waals surface area (Å²) in [5.41, 5.74) is 0. The van der Waals surface area contributed by atoms with Gasteiger partial charge in [0.25, 0.3) is 7.82 Å². The Hall–Kier alpha value is -3.62. The Labute approximate surface area is 385 Å². The van der Waals surface area contributed by atoms with Gasteiger partial charge >= 0.3 is 0 Å². The van der Waals surface area contributed by atoms with E-state index in [0.29, 0.717) is 17.4 Å². The summed E-state index contributed by atoms with van der Waals surface area (Å²) in [6.45, 7) is 4.29. The predicted octanol–water partition coefficient (Wildman–Crippen LogP) is 13.2. The summed E-state index contributed by atoms with van der Waals surface area (Å²) in [5.74, 6) is -0.248. The van der Waals surface area contributed by atoms with Gasteiger partial charge in [0.2, 0.25) is 5.91 Å². The molecule has 0 radical (unpaired) electrons. The zero-order valence-electron chi connectivity index (χ0n) is 40.0. The molecule has 0 fully saturated rings. The van der Waals surface area contributed by atoms with E-state index in [0.717, 1.165) is 109 Å². The molecule has 3 unspecified atom stereocenters. The van der Waals surface area contributed by atoms with Crippen LogP contribution >= 0.6 is 7.82 Å². The van der Waals surface area contributed by atoms with Gasteiger partial charge in [-0.05, 0) is 96.3 Å². The van der Waals surface area contributed by atoms with Crippen LogP contribution in [0.4, 0.5) is 0 Å². The van der Waals surface area contributed by atoms with Crippen molar-refractivity contribution in [3.63, 3.8) is 0 Å². The van der Waals surface area contributed by atoms with Crippen LogP contribution in [-0.2, 0) is 18.4 Å². The molecular weight excluding hydrogens is 804 g/mol. The number of nitrogens with one attached hydrogen (secondary N) is 1. The highest BCUT2D eigenvalue weighted by Gasteiger charge is 2.23. The number of hydrogen-bond acceptors (Lipinski definition) is 6. The summed E-state index contributed by atoms with van der Waals surface area (Å²) >= 11 is 0. The number of allylic oxidation sites excluding steroid dienone is 23. The van der Waals surface area contributed by atoms with Crippen molar-refractivity contribution >= 4 is 13.7 Å². The van der Waals surface area contributed by atoms with E-state index < -0.39 is 26.6 Å². The number of carbonyl (C=O) groups is 1. The standard InChI is InChI=1S/C54H87N2O6P/c1-6-8-10-12-13-14-15-16-17-18-19-20-21-22-23-24-25-26-27-28-29-30-31-32-33-34-35-36-37-38-39-40-41-42-43-44-46-48-54(58)55-52(53(57)47-45-11-9-7-2)51-62-63(59,60)61-50-49-56(3,4)5/h8,10,13-14,16-17,19-20,22-23,25-26,28-29,31-32,34-35,37-38,40-41,45,47,52-53,57H,6-7,9,11-12,15,18,21,24,27,30,33,36,39,42-44,46,48-51H2,1-5H3,(H-,55,58,59,60)/b10-8-,14-13-,17-16-,20-19-,23-22-,26-25-,29-28-,32-31-,35-34-,38-37-,41-40-,47-45+. The van der Waals surface area contributed by atoms with E-state index in [1.54, 1.807) is 6.08 Å². The highest BCUT2D eigenvalue weighted by atomic mass is 31.2. The summed E-state index contributed by atoms with van der Waals surface area (Å²) in [6.07, 6.45) is 68.4. The van der Waals surface area contributed by atoms with Crippen LogP contribution in [0.2, 0.25) is 0 Å². The van der Waals surface area contributed by atoms with Gasteiger partial charge < -0.3 is 28.8 Å². The van der Waals surface area contributed by atoms with Crippen LogP contribution < -0.4 is 10.2 Å². The molecule has 0 aliphatic heterocycles. The maximum atomic E-state index is 12.7. The van der Waals surface area contributed by atoms with Crippen LogP contribution in [0.25, 0.3) is 0 Å². The van der Waals surface area contributed by atoms with Gasteiger partial charge in [-0.3, -0.25) is 9.36 Å². The number of phosphoric ester groups is 1. The van der Waals surface area contributed by atoms with Gasteiger partial charge in [0.05, 0.1) is 39.9 Å². The molecule has 0 rings (SSSR count). The number of hydrogen-bond donors (Lipinski definition) is 2. The Bertz CT molecular complexity index is 1520. The van der Waals surface area contributed by atoms with E-state index in [2.05, 4.69) is 153 Å². The van der Waals surface area contributed by atoms with E-state index in [9.17, 15) is 19.4 Å². The van der Waals surface area contributed by atoms with Crippen molar-refractivity contribution in [3.05, 3.63) is 146 Å². The first-order chi connectivity index (χ1) is 30.5. The number of quaternary nitrogens is 1. The summed E-state index contributed by atoms with van der Waals surface area (Å²) in [7, 11) is 1.20. The maximum Gasteiger partial charge on any atom is 0.268 e. The first-order valence-electron chi connectivity index (χ1n) is 23.7. The Kier molecular flexibility index (Phi) is 41.1. The molecular formula is C54H87N2O6P. The number of rotatable bonds is 40. The van der Waals surface area contributed by atoms with E-state index in [4.69, 9.17) is 9.05 Å². The number of likely N-dealkylation sites (N-methyl/N-ethyl adjacent to an activating group) is 1. The molecule has 0 spiro atoms. The minimum absolute atomic E-state index is 0.0178. The number of aliphatic hydroxyl groups excluding tert-OH is 1. The van der Waals surface area contributed by atoms with Crippen LogP contribution in [0.3, 0.4) is 0 Å². The van der Waals surface area contributed by atoms with Crippen molar-refractivity contribution < 1.29 is 32.9 Å². The molecule has 0 saturated heterocycles. The zero-order chi connectivity index (χ0) is 46.4. The molecule has 0 aliphatic rings. The lowest BCUT2D eigenvalue weighted by molar-refractivity contribution is -0.870. The molecule has 0 aromatic heterocycles. The Morgan fingerprint density at radius 3 is 1.37 bits per heavy atom. The Balaban J connectivity index is 4.07. The fraction of sp³-hybridized carbons (Fsp3) is 0.537. The lowest BCUT2D eigenvalue weighted by atomic mass is 10.1. The van der Waals surface area contributed by atoms with Gasteiger partial charge in [-0.2, -0.15) is 0 Å². The molecule has 1 amide bonds. The highest BCUT2D eigenvalue weighted by Crippen LogP contribution is 2.38. The number of nitrogens with zero attached hydrogens (tertiary/aromatic N) is 1. The Morgan fingerprint density at radius 1 is 0.571 bits per heavy atom. The van der Waals surface area contributed by atoms with Crippen molar-refractivity contribution in [2.75, 3.05) is 40.9 Å². The zero-order valence-corrected chi connectivity index (χ0v) is 40.8. The van der Waals surface area contributed by atoms with Gasteiger partial charge in [-0.1, -0.05) is 179 Å². The summed E-state index contributed by atoms with van der Waals surface area (Å²) in [4.78, 5) is 25.0. The van der Waals surface area contributed by atoms with E-state index in [1.165, 1.54) is 0 Å². The minimum atomic E-state index is -4.59. The summed E-state index contributed by atoms with van der Waals surface area (Å²) in [6, 6.07) is -0.911. The summed E-state index contributed by atoms with van der Waals surface area (Å²) < 4.78 is 22.9. The van der Waals surface area contributed by atoms with Crippen LogP contribution in [-0.4, -0.2) is 68.5 Å². The normalized spacial score (nSPS) is 15.5. The van der Waals surface area contributed by atoms with Gasteiger partial charge in [0.15, 0.2) is 0 Å². The van der Waals surface area contributed by atoms with E-state index >= 15 is 0 Å². The second-order valence-corrected chi connectivity index (χ2v) is 17.8. The van der Waals surface area contributed by atoms with Crippen molar-refractivity contribution in [2.45, 2.75) is 148 Å². The third kappa shape index (κ3) is 46.2. The first kappa shape index (κ1) is 59.4. The molecule has 63 heavy (non-hydrogen) atoms. The summed E-state index contributed by atoms with van der Waals surface area (Å²) in [5, 5.41) is 13.5. The molecule has 354 valence electrons. The second kappa shape index (κ2) is 43.6. The van der Waals surface area contributed by atoms with Gasteiger partial charge in [-0.25, -0.2) is 0 Å². The van der Waals surface area contributed by atoms with Crippen molar-refractivity contribution in [2.24, 2.45) is 0 Å². The molecule has 9 heteroatoms. The quantitative estimate of drug-likeness (QED) is 0.0275. The number of carbonyl (C=O) groups excluding carboxylic acids is 1. The molecule has 2 N–H and O–H groups in total. The van der Waals surface area contributed by atoms with Gasteiger partial charge in [-0.15, -0.1) is 0 Å². The highest BCUT2D eigenvalue weighted by molar-refractivity contribution is 7.45. The molecule has 0 aromatic carbocycles. The monoisotopic (exact) mass is 891 g/mol. The number of amides is 1. The first-order valence-corrected chi connectivity index (χ1v) is 25.2. The second-order valence-electron chi connectivity index (χ2n) is 16.4. The van der Waals surface area contributed by atoms with Crippen LogP contribution in [0.15, 0.2) is 146 Å². The third-order valence-electron chi connectivity index (χ3n) is 9.31. The van der Waals surface area contributed by atoms with Crippen LogP contribution in [0.1, 0.15) is 136 Å². The topological polar surface area (TPSA) is 108 Å². The third-order valence-corrected chi connectivity index (χ3v) is 10.3. The van der Waals surface area contributed by atoms with Crippen molar-refractivity contribution in [3.8, 4) is 0 Å². The molecule has 3 atom stereocenters. The molecule has 0 aliphatic carbocycles. The molecule has 0 saturated carbocycles. The largest absolute Gasteiger partial charge is 0.756 e. The maximum absolute atomic E-state index is 12.7. The molecule has 0 heterocycles. The SMILES string of the molecule is CC/C=C\C/C=C\C/C=C\C/C=C\C/C=C\C/C=C\C/C=C\C/C=C\C/C=C\C/C=C\C/C=C\CCCCCC(=O)NC(COP(=O)([O-])OCC[N+](C)(C)C)C(O)/C=C/CCCC. The molecule has 8 nitrogen and oxygen atoms in total.